The Labute approximate surface area is 146 Å². The van der Waals surface area contributed by atoms with Crippen molar-refractivity contribution in [2.45, 2.75) is 19.1 Å². The van der Waals surface area contributed by atoms with Gasteiger partial charge in [0, 0.05) is 19.8 Å². The summed E-state index contributed by atoms with van der Waals surface area (Å²) in [6, 6.07) is 8.72. The molecular weight excluding hydrogens is 322 g/mol. The van der Waals surface area contributed by atoms with E-state index in [1.807, 2.05) is 6.07 Å². The Balaban J connectivity index is 2.34. The van der Waals surface area contributed by atoms with Crippen molar-refractivity contribution < 1.29 is 23.8 Å². The van der Waals surface area contributed by atoms with Crippen LogP contribution in [0.25, 0.3) is 0 Å². The fourth-order valence-electron chi connectivity index (χ4n) is 2.38. The maximum atomic E-state index is 12.3. The van der Waals surface area contributed by atoms with Gasteiger partial charge in [0.25, 0.3) is 5.91 Å². The van der Waals surface area contributed by atoms with Crippen LogP contribution in [0.3, 0.4) is 0 Å². The zero-order valence-electron chi connectivity index (χ0n) is 14.5. The van der Waals surface area contributed by atoms with E-state index in [4.69, 9.17) is 14.2 Å². The van der Waals surface area contributed by atoms with Crippen molar-refractivity contribution in [2.75, 3.05) is 20.8 Å². The standard InChI is InChI=1S/C19H21NO5/c1-4-25-17(21)12-15-13-19(23-2,24-3)11-10-16(15)20-18(22)14-8-6-5-7-9-14/h5-11,13H,4,12H2,1-3H3. The third-order valence-electron chi connectivity index (χ3n) is 3.70. The van der Waals surface area contributed by atoms with Crippen LogP contribution in [-0.4, -0.2) is 44.2 Å². The molecule has 25 heavy (non-hydrogen) atoms. The van der Waals surface area contributed by atoms with E-state index in [9.17, 15) is 9.59 Å². The Morgan fingerprint density at radius 3 is 2.40 bits per heavy atom. The first-order chi connectivity index (χ1) is 12.0. The number of allylic oxidation sites excluding steroid dienone is 1. The lowest BCUT2D eigenvalue weighted by molar-refractivity contribution is -0.142. The molecule has 6 heteroatoms. The number of carbonyl (C=O) groups excluding carboxylic acids is 2. The van der Waals surface area contributed by atoms with Gasteiger partial charge in [-0.3, -0.25) is 9.59 Å². The number of methoxy groups -OCH3 is 2. The molecule has 0 fully saturated rings. The largest absolute Gasteiger partial charge is 0.466 e. The number of ether oxygens (including phenoxy) is 3. The van der Waals surface area contributed by atoms with E-state index in [1.165, 1.54) is 14.2 Å². The predicted octanol–water partition coefficient (Wildman–Crippen LogP) is 2.71. The summed E-state index contributed by atoms with van der Waals surface area (Å²) in [5, 5.41) is 0. The Kier molecular flexibility index (Phi) is 6.38. The summed E-state index contributed by atoms with van der Waals surface area (Å²) < 4.78 is 15.7. The molecular formula is C19H21NO5. The van der Waals surface area contributed by atoms with Gasteiger partial charge in [0.2, 0.25) is 5.79 Å². The summed E-state index contributed by atoms with van der Waals surface area (Å²) in [4.78, 5) is 28.4. The molecule has 1 aromatic rings. The number of hydrogen-bond donors (Lipinski definition) is 0. The smallest absolute Gasteiger partial charge is 0.310 e. The highest BCUT2D eigenvalue weighted by Gasteiger charge is 2.30. The van der Waals surface area contributed by atoms with Crippen LogP contribution in [0.4, 0.5) is 0 Å². The number of nitrogens with zero attached hydrogens (tertiary/aromatic N) is 1. The highest BCUT2D eigenvalue weighted by Crippen LogP contribution is 2.25. The van der Waals surface area contributed by atoms with E-state index in [-0.39, 0.29) is 13.0 Å². The number of amides is 1. The molecule has 0 atom stereocenters. The summed E-state index contributed by atoms with van der Waals surface area (Å²) in [7, 11) is 2.98. The van der Waals surface area contributed by atoms with E-state index in [0.717, 1.165) is 0 Å². The van der Waals surface area contributed by atoms with Gasteiger partial charge in [0.1, 0.15) is 0 Å². The molecule has 1 aliphatic carbocycles. The van der Waals surface area contributed by atoms with Crippen LogP contribution < -0.4 is 0 Å². The first-order valence-electron chi connectivity index (χ1n) is 7.89. The van der Waals surface area contributed by atoms with E-state index >= 15 is 0 Å². The first kappa shape index (κ1) is 18.8. The lowest BCUT2D eigenvalue weighted by atomic mass is 9.96. The van der Waals surface area contributed by atoms with Crippen LogP contribution in [0.5, 0.6) is 0 Å². The molecule has 0 aliphatic heterocycles. The molecule has 132 valence electrons. The molecule has 0 N–H and O–H groups in total. The fourth-order valence-corrected chi connectivity index (χ4v) is 2.38. The molecule has 2 rings (SSSR count). The molecule has 1 amide bonds. The minimum absolute atomic E-state index is 0.0342. The molecule has 0 saturated heterocycles. The van der Waals surface area contributed by atoms with Crippen LogP contribution in [-0.2, 0) is 19.0 Å². The van der Waals surface area contributed by atoms with Gasteiger partial charge in [-0.05, 0) is 42.9 Å². The molecule has 0 unspecified atom stereocenters. The Morgan fingerprint density at radius 2 is 1.80 bits per heavy atom. The normalized spacial score (nSPS) is 17.2. The van der Waals surface area contributed by atoms with Crippen LogP contribution in [0.1, 0.15) is 23.7 Å². The number of aliphatic imine (C=N–C) groups is 1. The molecule has 0 radical (unpaired) electrons. The number of rotatable bonds is 6. The van der Waals surface area contributed by atoms with E-state index < -0.39 is 17.7 Å². The summed E-state index contributed by atoms with van der Waals surface area (Å²) in [5.41, 5.74) is 1.36. The van der Waals surface area contributed by atoms with Crippen molar-refractivity contribution in [3.63, 3.8) is 0 Å². The first-order valence-corrected chi connectivity index (χ1v) is 7.89. The average Bonchev–Trinajstić information content (AvgIpc) is 2.64. The lowest BCUT2D eigenvalue weighted by Gasteiger charge is -2.28. The second-order valence-corrected chi connectivity index (χ2v) is 5.28. The quantitative estimate of drug-likeness (QED) is 0.586. The molecule has 6 nitrogen and oxygen atoms in total. The summed E-state index contributed by atoms with van der Waals surface area (Å²) >= 11 is 0. The maximum absolute atomic E-state index is 12.3. The minimum Gasteiger partial charge on any atom is -0.466 e. The van der Waals surface area contributed by atoms with Gasteiger partial charge >= 0.3 is 5.97 Å². The van der Waals surface area contributed by atoms with E-state index in [0.29, 0.717) is 16.8 Å². The number of carbonyl (C=O) groups is 2. The van der Waals surface area contributed by atoms with Crippen LogP contribution in [0.2, 0.25) is 0 Å². The minimum atomic E-state index is -1.10. The van der Waals surface area contributed by atoms with E-state index in [1.54, 1.807) is 49.4 Å². The average molecular weight is 343 g/mol. The van der Waals surface area contributed by atoms with Crippen LogP contribution in [0.15, 0.2) is 59.1 Å². The highest BCUT2D eigenvalue weighted by atomic mass is 16.7. The molecule has 0 aromatic heterocycles. The van der Waals surface area contributed by atoms with Crippen molar-refractivity contribution in [1.82, 2.24) is 0 Å². The van der Waals surface area contributed by atoms with Crippen molar-refractivity contribution in [2.24, 2.45) is 4.99 Å². The number of esters is 1. The highest BCUT2D eigenvalue weighted by molar-refractivity contribution is 6.17. The SMILES string of the molecule is CCOC(=O)CC1=CC(OC)(OC)C=CC1=NC(=O)c1ccccc1. The maximum Gasteiger partial charge on any atom is 0.310 e. The Morgan fingerprint density at radius 1 is 1.12 bits per heavy atom. The topological polar surface area (TPSA) is 74.2 Å². The van der Waals surface area contributed by atoms with Crippen molar-refractivity contribution >= 4 is 17.6 Å². The summed E-state index contributed by atoms with van der Waals surface area (Å²) in [6.07, 6.45) is 4.84. The fraction of sp³-hybridized carbons (Fsp3) is 0.316. The van der Waals surface area contributed by atoms with Gasteiger partial charge in [0.15, 0.2) is 0 Å². The van der Waals surface area contributed by atoms with Crippen LogP contribution in [0, 0.1) is 0 Å². The Bertz CT molecular complexity index is 715. The van der Waals surface area contributed by atoms with Gasteiger partial charge < -0.3 is 14.2 Å². The monoisotopic (exact) mass is 343 g/mol. The van der Waals surface area contributed by atoms with Gasteiger partial charge in [-0.1, -0.05) is 18.2 Å². The zero-order valence-corrected chi connectivity index (χ0v) is 14.5. The van der Waals surface area contributed by atoms with Crippen LogP contribution >= 0.6 is 0 Å². The van der Waals surface area contributed by atoms with Gasteiger partial charge in [0.05, 0.1) is 18.7 Å². The second-order valence-electron chi connectivity index (χ2n) is 5.28. The third-order valence-corrected chi connectivity index (χ3v) is 3.70. The third kappa shape index (κ3) is 4.71. The zero-order chi connectivity index (χ0) is 18.3. The molecule has 0 heterocycles. The molecule has 1 aromatic carbocycles. The van der Waals surface area contributed by atoms with Crippen molar-refractivity contribution in [1.29, 1.82) is 0 Å². The molecule has 0 saturated carbocycles. The number of benzene rings is 1. The second kappa shape index (κ2) is 8.50. The number of hydrogen-bond acceptors (Lipinski definition) is 5. The lowest BCUT2D eigenvalue weighted by Crippen LogP contribution is -2.33. The van der Waals surface area contributed by atoms with Crippen molar-refractivity contribution in [3.8, 4) is 0 Å². The summed E-state index contributed by atoms with van der Waals surface area (Å²) in [6.45, 7) is 2.01. The molecule has 0 spiro atoms. The van der Waals surface area contributed by atoms with Gasteiger partial charge in [-0.2, -0.15) is 0 Å². The molecule has 0 bridgehead atoms. The molecule has 1 aliphatic rings. The Hall–Kier alpha value is -2.57. The van der Waals surface area contributed by atoms with Crippen molar-refractivity contribution in [3.05, 3.63) is 59.7 Å². The summed E-state index contributed by atoms with van der Waals surface area (Å²) in [5.74, 6) is -1.90. The van der Waals surface area contributed by atoms with Gasteiger partial charge in [-0.15, -0.1) is 0 Å². The predicted molar refractivity (Wildman–Crippen MR) is 93.4 cm³/mol. The van der Waals surface area contributed by atoms with E-state index in [2.05, 4.69) is 4.99 Å². The van der Waals surface area contributed by atoms with Gasteiger partial charge in [-0.25, -0.2) is 4.99 Å².